The molecular weight excluding hydrogens is 435 g/mol. The van der Waals surface area contributed by atoms with Crippen molar-refractivity contribution in [3.05, 3.63) is 64.4 Å². The summed E-state index contributed by atoms with van der Waals surface area (Å²) >= 11 is 6.03. The van der Waals surface area contributed by atoms with E-state index >= 15 is 0 Å². The number of nitrogens with zero attached hydrogens (tertiary/aromatic N) is 2. The van der Waals surface area contributed by atoms with E-state index in [4.69, 9.17) is 21.4 Å². The summed E-state index contributed by atoms with van der Waals surface area (Å²) in [7, 11) is 0. The molecule has 0 aliphatic carbocycles. The Bertz CT molecular complexity index is 954. The molecule has 2 aromatic rings. The molecule has 2 atom stereocenters. The van der Waals surface area contributed by atoms with E-state index in [-0.39, 0.29) is 43.3 Å². The molecule has 2 aromatic carbocycles. The van der Waals surface area contributed by atoms with E-state index in [2.05, 4.69) is 11.8 Å². The molecule has 0 aromatic heterocycles. The van der Waals surface area contributed by atoms with Crippen molar-refractivity contribution in [1.82, 2.24) is 9.80 Å². The van der Waals surface area contributed by atoms with Crippen LogP contribution in [0.4, 0.5) is 4.39 Å². The van der Waals surface area contributed by atoms with Gasteiger partial charge in [-0.3, -0.25) is 14.5 Å². The molecule has 1 aliphatic heterocycles. The molecule has 1 amide bonds. The Morgan fingerprint density at radius 2 is 1.84 bits per heavy atom. The van der Waals surface area contributed by atoms with Gasteiger partial charge in [0.1, 0.15) is 11.6 Å². The highest BCUT2D eigenvalue weighted by molar-refractivity contribution is 6.30. The molecule has 1 fully saturated rings. The Balaban J connectivity index is 1.58. The average molecular weight is 463 g/mol. The summed E-state index contributed by atoms with van der Waals surface area (Å²) in [6.45, 7) is 5.91. The Kier molecular flexibility index (Phi) is 8.10. The lowest BCUT2D eigenvalue weighted by Crippen LogP contribution is -2.58. The van der Waals surface area contributed by atoms with Crippen molar-refractivity contribution in [2.45, 2.75) is 45.3 Å². The maximum absolute atomic E-state index is 13.2. The number of rotatable bonds is 8. The zero-order valence-corrected chi connectivity index (χ0v) is 19.0. The molecule has 0 saturated carbocycles. The number of carboxylic acid groups (broad SMARTS) is 1. The van der Waals surface area contributed by atoms with Crippen molar-refractivity contribution in [2.24, 2.45) is 0 Å². The van der Waals surface area contributed by atoms with Crippen molar-refractivity contribution < 1.29 is 23.8 Å². The van der Waals surface area contributed by atoms with Crippen molar-refractivity contribution in [2.75, 3.05) is 19.7 Å². The van der Waals surface area contributed by atoms with Crippen LogP contribution in [-0.2, 0) is 22.6 Å². The summed E-state index contributed by atoms with van der Waals surface area (Å²) in [6.07, 6.45) is 0.226. The van der Waals surface area contributed by atoms with Crippen LogP contribution in [0.1, 0.15) is 31.4 Å². The Morgan fingerprint density at radius 1 is 1.12 bits per heavy atom. The fourth-order valence-corrected chi connectivity index (χ4v) is 4.13. The highest BCUT2D eigenvalue weighted by Crippen LogP contribution is 2.25. The predicted molar refractivity (Wildman–Crippen MR) is 120 cm³/mol. The largest absolute Gasteiger partial charge is 0.483 e. The maximum Gasteiger partial charge on any atom is 0.303 e. The number of hydrogen-bond acceptors (Lipinski definition) is 4. The van der Waals surface area contributed by atoms with Crippen molar-refractivity contribution in [1.29, 1.82) is 0 Å². The topological polar surface area (TPSA) is 70.1 Å². The van der Waals surface area contributed by atoms with E-state index in [9.17, 15) is 14.0 Å². The van der Waals surface area contributed by atoms with Crippen LogP contribution >= 0.6 is 11.6 Å². The van der Waals surface area contributed by atoms with Gasteiger partial charge in [0.05, 0.1) is 0 Å². The molecule has 8 heteroatoms. The molecule has 1 heterocycles. The van der Waals surface area contributed by atoms with Crippen molar-refractivity contribution in [3.63, 3.8) is 0 Å². The van der Waals surface area contributed by atoms with Crippen LogP contribution in [-0.4, -0.2) is 58.6 Å². The van der Waals surface area contributed by atoms with Crippen molar-refractivity contribution >= 4 is 23.5 Å². The summed E-state index contributed by atoms with van der Waals surface area (Å²) in [5, 5.41) is 9.44. The number of benzene rings is 2. The van der Waals surface area contributed by atoms with E-state index in [1.54, 1.807) is 30.3 Å². The summed E-state index contributed by atoms with van der Waals surface area (Å²) in [5.74, 6) is -0.810. The number of halogens is 2. The molecule has 0 bridgehead atoms. The summed E-state index contributed by atoms with van der Waals surface area (Å²) < 4.78 is 18.9. The van der Waals surface area contributed by atoms with Gasteiger partial charge < -0.3 is 14.7 Å². The smallest absolute Gasteiger partial charge is 0.303 e. The average Bonchev–Trinajstić information content (AvgIpc) is 2.75. The van der Waals surface area contributed by atoms with E-state index in [1.807, 2.05) is 11.8 Å². The fourth-order valence-electron chi connectivity index (χ4n) is 3.94. The first kappa shape index (κ1) is 24.0. The minimum atomic E-state index is -0.909. The molecule has 32 heavy (non-hydrogen) atoms. The van der Waals surface area contributed by atoms with Crippen molar-refractivity contribution in [3.8, 4) is 5.75 Å². The summed E-state index contributed by atoms with van der Waals surface area (Å²) in [6, 6.07) is 11.6. The molecule has 1 N–H and O–H groups in total. The number of ether oxygens (including phenoxy) is 1. The van der Waals surface area contributed by atoms with Gasteiger partial charge in [-0.05, 0) is 61.7 Å². The fraction of sp³-hybridized carbons (Fsp3) is 0.417. The molecule has 0 radical (unpaired) electrons. The molecule has 0 unspecified atom stereocenters. The molecular formula is C24H28ClFN2O4. The SMILES string of the molecule is C[C@@H]1CN(Cc2ccc(F)cc2)[C@@H](C)CN1C(=O)COc1ccc(Cl)cc1CCC(=O)O. The molecule has 6 nitrogen and oxygen atoms in total. The molecule has 1 aliphatic rings. The maximum atomic E-state index is 13.2. The lowest BCUT2D eigenvalue weighted by atomic mass is 10.1. The quantitative estimate of drug-likeness (QED) is 0.642. The minimum absolute atomic E-state index is 0.000512. The highest BCUT2D eigenvalue weighted by Gasteiger charge is 2.32. The number of amides is 1. The number of aryl methyl sites for hydroxylation is 1. The van der Waals surface area contributed by atoms with E-state index in [0.717, 1.165) is 5.56 Å². The highest BCUT2D eigenvalue weighted by atomic mass is 35.5. The van der Waals surface area contributed by atoms with Crippen LogP contribution in [0.25, 0.3) is 0 Å². The second-order valence-corrected chi connectivity index (χ2v) is 8.67. The van der Waals surface area contributed by atoms with Gasteiger partial charge in [0.2, 0.25) is 0 Å². The first-order valence-electron chi connectivity index (χ1n) is 10.6. The monoisotopic (exact) mass is 462 g/mol. The Labute approximate surface area is 192 Å². The van der Waals surface area contributed by atoms with E-state index < -0.39 is 5.97 Å². The number of carboxylic acids is 1. The minimum Gasteiger partial charge on any atom is -0.483 e. The molecule has 1 saturated heterocycles. The van der Waals surface area contributed by atoms with Gasteiger partial charge in [0.15, 0.2) is 6.61 Å². The van der Waals surface area contributed by atoms with E-state index in [1.165, 1.54) is 12.1 Å². The van der Waals surface area contributed by atoms with E-state index in [0.29, 0.717) is 36.0 Å². The number of carbonyl (C=O) groups is 2. The van der Waals surface area contributed by atoms with Crippen LogP contribution in [0.3, 0.4) is 0 Å². The summed E-state index contributed by atoms with van der Waals surface area (Å²) in [5.41, 5.74) is 1.70. The van der Waals surface area contributed by atoms with Crippen LogP contribution < -0.4 is 4.74 Å². The third-order valence-electron chi connectivity index (χ3n) is 5.72. The molecule has 0 spiro atoms. The summed E-state index contributed by atoms with van der Waals surface area (Å²) in [4.78, 5) is 27.9. The standard InChI is InChI=1S/C24H28ClFN2O4/c1-16-13-28(17(2)12-27(16)14-18-3-7-21(26)8-4-18)23(29)15-32-22-9-6-20(25)11-19(22)5-10-24(30)31/h3-4,6-9,11,16-17H,5,10,12-15H2,1-2H3,(H,30,31)/t16-,17+/m0/s1. The third kappa shape index (κ3) is 6.43. The second kappa shape index (κ2) is 10.8. The first-order chi connectivity index (χ1) is 15.2. The van der Waals surface area contributed by atoms with Gasteiger partial charge in [0, 0.05) is 43.2 Å². The normalized spacial score (nSPS) is 19.1. The Hall–Kier alpha value is -2.64. The van der Waals surface area contributed by atoms with Gasteiger partial charge in [-0.15, -0.1) is 0 Å². The number of carbonyl (C=O) groups excluding carboxylic acids is 1. The number of aliphatic carboxylic acids is 1. The molecule has 172 valence electrons. The van der Waals surface area contributed by atoms with Crippen LogP contribution in [0, 0.1) is 5.82 Å². The lowest BCUT2D eigenvalue weighted by Gasteiger charge is -2.44. The van der Waals surface area contributed by atoms with Crippen LogP contribution in [0.5, 0.6) is 5.75 Å². The van der Waals surface area contributed by atoms with Crippen LogP contribution in [0.2, 0.25) is 5.02 Å². The van der Waals surface area contributed by atoms with Gasteiger partial charge in [0.25, 0.3) is 5.91 Å². The predicted octanol–water partition coefficient (Wildman–Crippen LogP) is 4.00. The van der Waals surface area contributed by atoms with Gasteiger partial charge in [-0.2, -0.15) is 0 Å². The van der Waals surface area contributed by atoms with Gasteiger partial charge in [-0.25, -0.2) is 4.39 Å². The number of piperazine rings is 1. The third-order valence-corrected chi connectivity index (χ3v) is 5.95. The first-order valence-corrected chi connectivity index (χ1v) is 11.0. The lowest BCUT2D eigenvalue weighted by molar-refractivity contribution is -0.139. The second-order valence-electron chi connectivity index (χ2n) is 8.23. The Morgan fingerprint density at radius 3 is 2.53 bits per heavy atom. The van der Waals surface area contributed by atoms with Crippen LogP contribution in [0.15, 0.2) is 42.5 Å². The zero-order valence-electron chi connectivity index (χ0n) is 18.3. The zero-order chi connectivity index (χ0) is 23.3. The van der Waals surface area contributed by atoms with Gasteiger partial charge >= 0.3 is 5.97 Å². The van der Waals surface area contributed by atoms with Gasteiger partial charge in [-0.1, -0.05) is 23.7 Å². The number of hydrogen-bond donors (Lipinski definition) is 1. The molecule has 3 rings (SSSR count).